The summed E-state index contributed by atoms with van der Waals surface area (Å²) in [5.74, 6) is -1.14. The molecule has 1 heterocycles. The van der Waals surface area contributed by atoms with Crippen molar-refractivity contribution in [2.45, 2.75) is 24.6 Å². The van der Waals surface area contributed by atoms with E-state index in [1.165, 1.54) is 0 Å². The van der Waals surface area contributed by atoms with Gasteiger partial charge in [-0.3, -0.25) is 0 Å². The Bertz CT molecular complexity index is 215. The number of hydrogen-bond acceptors (Lipinski definition) is 6. The molecule has 0 aromatic heterocycles. The lowest BCUT2D eigenvalue weighted by Gasteiger charge is -2.36. The van der Waals surface area contributed by atoms with E-state index in [0.29, 0.717) is 0 Å². The summed E-state index contributed by atoms with van der Waals surface area (Å²) in [6.07, 6.45) is -5.29. The topological polar surface area (TPSA) is 114 Å². The number of nitriles is 1. The van der Waals surface area contributed by atoms with Gasteiger partial charge in [-0.05, 0) is 0 Å². The van der Waals surface area contributed by atoms with Crippen LogP contribution < -0.4 is 0 Å². The van der Waals surface area contributed by atoms with Gasteiger partial charge in [0.2, 0.25) is 0 Å². The Morgan fingerprint density at radius 1 is 1.23 bits per heavy atom. The summed E-state index contributed by atoms with van der Waals surface area (Å²) in [5, 5.41) is 44.8. The molecule has 13 heavy (non-hydrogen) atoms. The van der Waals surface area contributed by atoms with E-state index in [1.54, 1.807) is 6.07 Å². The maximum atomic E-state index is 9.34. The fourth-order valence-corrected chi connectivity index (χ4v) is 1.25. The number of aliphatic hydroxyl groups is 4. The first-order valence-corrected chi connectivity index (χ1v) is 3.82. The zero-order valence-electron chi connectivity index (χ0n) is 6.74. The van der Waals surface area contributed by atoms with Crippen molar-refractivity contribution in [1.82, 2.24) is 0 Å². The first-order chi connectivity index (χ1) is 6.11. The van der Waals surface area contributed by atoms with Gasteiger partial charge in [-0.15, -0.1) is 0 Å². The zero-order chi connectivity index (χ0) is 10.0. The lowest BCUT2D eigenvalue weighted by molar-refractivity contribution is -0.265. The number of rotatable bonds is 1. The minimum atomic E-state index is -1.54. The highest BCUT2D eigenvalue weighted by atomic mass is 16.6. The number of aliphatic hydroxyl groups excluding tert-OH is 4. The van der Waals surface area contributed by atoms with E-state index in [9.17, 15) is 10.2 Å². The number of nitrogens with zero attached hydrogens (tertiary/aromatic N) is 1. The highest BCUT2D eigenvalue weighted by molar-refractivity contribution is 5.00. The molecule has 0 aromatic rings. The van der Waals surface area contributed by atoms with Crippen LogP contribution in [0, 0.1) is 17.2 Å². The average Bonchev–Trinajstić information content (AvgIpc) is 2.12. The van der Waals surface area contributed by atoms with Crippen molar-refractivity contribution >= 4 is 0 Å². The summed E-state index contributed by atoms with van der Waals surface area (Å²) >= 11 is 0. The van der Waals surface area contributed by atoms with Crippen LogP contribution >= 0.6 is 0 Å². The Labute approximate surface area is 74.6 Å². The van der Waals surface area contributed by atoms with Crippen LogP contribution in [0.15, 0.2) is 0 Å². The van der Waals surface area contributed by atoms with Crippen molar-refractivity contribution < 1.29 is 25.2 Å². The van der Waals surface area contributed by atoms with Crippen molar-refractivity contribution in [3.8, 4) is 6.07 Å². The molecule has 0 spiro atoms. The SMILES string of the molecule is N#C[C@H]1[C@@H](O)[C@@H](O)O[C@H](CO)[C@H]1O. The van der Waals surface area contributed by atoms with E-state index in [1.807, 2.05) is 0 Å². The van der Waals surface area contributed by atoms with E-state index in [0.717, 1.165) is 0 Å². The van der Waals surface area contributed by atoms with Crippen LogP contribution in [0.5, 0.6) is 0 Å². The highest BCUT2D eigenvalue weighted by Crippen LogP contribution is 2.24. The molecule has 4 N–H and O–H groups in total. The van der Waals surface area contributed by atoms with Crippen molar-refractivity contribution in [2.24, 2.45) is 5.92 Å². The molecule has 1 aliphatic heterocycles. The Balaban J connectivity index is 2.76. The first kappa shape index (κ1) is 10.4. The van der Waals surface area contributed by atoms with Crippen LogP contribution in [0.3, 0.4) is 0 Å². The molecule has 1 aliphatic rings. The predicted molar refractivity (Wildman–Crippen MR) is 39.1 cm³/mol. The van der Waals surface area contributed by atoms with Crippen LogP contribution in [-0.4, -0.2) is 51.6 Å². The molecule has 0 amide bonds. The smallest absolute Gasteiger partial charge is 0.182 e. The van der Waals surface area contributed by atoms with Crippen molar-refractivity contribution in [2.75, 3.05) is 6.61 Å². The first-order valence-electron chi connectivity index (χ1n) is 3.82. The van der Waals surface area contributed by atoms with Crippen molar-refractivity contribution in [3.63, 3.8) is 0 Å². The third kappa shape index (κ3) is 1.80. The molecular weight excluding hydrogens is 178 g/mol. The zero-order valence-corrected chi connectivity index (χ0v) is 6.74. The Morgan fingerprint density at radius 3 is 2.31 bits per heavy atom. The summed E-state index contributed by atoms with van der Waals surface area (Å²) in [4.78, 5) is 0. The molecule has 1 rings (SSSR count). The lowest BCUT2D eigenvalue weighted by Crippen LogP contribution is -2.54. The van der Waals surface area contributed by atoms with Gasteiger partial charge in [-0.2, -0.15) is 5.26 Å². The maximum absolute atomic E-state index is 9.34. The van der Waals surface area contributed by atoms with E-state index in [2.05, 4.69) is 4.74 Å². The monoisotopic (exact) mass is 189 g/mol. The minimum Gasteiger partial charge on any atom is -0.394 e. The van der Waals surface area contributed by atoms with Crippen molar-refractivity contribution in [3.05, 3.63) is 0 Å². The maximum Gasteiger partial charge on any atom is 0.182 e. The van der Waals surface area contributed by atoms with Crippen LogP contribution in [0.2, 0.25) is 0 Å². The fourth-order valence-electron chi connectivity index (χ4n) is 1.25. The second-order valence-electron chi connectivity index (χ2n) is 2.88. The molecule has 0 radical (unpaired) electrons. The number of ether oxygens (including phenoxy) is 1. The van der Waals surface area contributed by atoms with Gasteiger partial charge < -0.3 is 25.2 Å². The quantitative estimate of drug-likeness (QED) is 0.364. The van der Waals surface area contributed by atoms with E-state index < -0.39 is 37.1 Å². The molecule has 0 saturated carbocycles. The molecule has 5 atom stereocenters. The predicted octanol–water partition coefficient (Wildman–Crippen LogP) is -2.44. The van der Waals surface area contributed by atoms with Crippen LogP contribution in [0.4, 0.5) is 0 Å². The fraction of sp³-hybridized carbons (Fsp3) is 0.857. The normalized spacial score (nSPS) is 45.6. The molecule has 1 saturated heterocycles. The van der Waals surface area contributed by atoms with Gasteiger partial charge in [0.25, 0.3) is 0 Å². The van der Waals surface area contributed by atoms with Crippen LogP contribution in [0.25, 0.3) is 0 Å². The van der Waals surface area contributed by atoms with Gasteiger partial charge in [0.1, 0.15) is 24.2 Å². The molecule has 74 valence electrons. The molecule has 1 fully saturated rings. The molecule has 0 bridgehead atoms. The molecule has 0 aromatic carbocycles. The van der Waals surface area contributed by atoms with Crippen LogP contribution in [0.1, 0.15) is 0 Å². The Morgan fingerprint density at radius 2 is 1.85 bits per heavy atom. The standard InChI is InChI=1S/C7H11NO5/c8-1-3-5(10)4(2-9)13-7(12)6(3)11/h3-7,9-12H,2H2/t3-,4-,5+,6-,7+/m1/s1. The molecule has 6 nitrogen and oxygen atoms in total. The summed E-state index contributed by atoms with van der Waals surface area (Å²) in [7, 11) is 0. The molecule has 0 unspecified atom stereocenters. The Kier molecular flexibility index (Phi) is 3.19. The summed E-state index contributed by atoms with van der Waals surface area (Å²) in [6, 6.07) is 1.65. The van der Waals surface area contributed by atoms with Gasteiger partial charge in [0.15, 0.2) is 6.29 Å². The largest absolute Gasteiger partial charge is 0.394 e. The lowest BCUT2D eigenvalue weighted by atomic mass is 9.90. The number of hydrogen-bond donors (Lipinski definition) is 4. The summed E-state index contributed by atoms with van der Waals surface area (Å²) in [5.41, 5.74) is 0. The molecule has 0 aliphatic carbocycles. The highest BCUT2D eigenvalue weighted by Gasteiger charge is 2.43. The average molecular weight is 189 g/mol. The minimum absolute atomic E-state index is 0.511. The van der Waals surface area contributed by atoms with Gasteiger partial charge in [-0.1, -0.05) is 0 Å². The molecular formula is C7H11NO5. The second kappa shape index (κ2) is 4.00. The van der Waals surface area contributed by atoms with E-state index in [-0.39, 0.29) is 0 Å². The van der Waals surface area contributed by atoms with E-state index in [4.69, 9.17) is 15.5 Å². The Hall–Kier alpha value is -0.710. The van der Waals surface area contributed by atoms with Gasteiger partial charge >= 0.3 is 0 Å². The third-order valence-corrected chi connectivity index (χ3v) is 2.05. The third-order valence-electron chi connectivity index (χ3n) is 2.05. The van der Waals surface area contributed by atoms with E-state index >= 15 is 0 Å². The van der Waals surface area contributed by atoms with Crippen LogP contribution in [-0.2, 0) is 4.74 Å². The van der Waals surface area contributed by atoms with Gasteiger partial charge in [0.05, 0.1) is 12.7 Å². The van der Waals surface area contributed by atoms with Gasteiger partial charge in [-0.25, -0.2) is 0 Å². The van der Waals surface area contributed by atoms with Crippen molar-refractivity contribution in [1.29, 1.82) is 5.26 Å². The second-order valence-corrected chi connectivity index (χ2v) is 2.88. The van der Waals surface area contributed by atoms with Gasteiger partial charge in [0, 0.05) is 0 Å². The summed E-state index contributed by atoms with van der Waals surface area (Å²) in [6.45, 7) is -0.511. The summed E-state index contributed by atoms with van der Waals surface area (Å²) < 4.78 is 4.65. The molecule has 6 heteroatoms.